The highest BCUT2D eigenvalue weighted by molar-refractivity contribution is 5.59. The van der Waals surface area contributed by atoms with E-state index in [-0.39, 0.29) is 24.5 Å². The standard InChI is InChI=1S/C34H40N6O3/c1-23-19-40(20-25-9-11-26(12-10-25)29-8-5-6-15-35-29)24(2)22-42-30-14-13-27(38-34-36-16-7-17-37-34)18-28(30)32-33(43-32)39(3)21-31(23)41-4/h5-18,23-24,31-33H,19-22H2,1-4H3,(H,36,37,38)/t23-,24-,31-,32?,33?/m0/s1. The van der Waals surface area contributed by atoms with Gasteiger partial charge in [-0.25, -0.2) is 9.97 Å². The van der Waals surface area contributed by atoms with E-state index < -0.39 is 0 Å². The van der Waals surface area contributed by atoms with Crippen molar-refractivity contribution in [2.45, 2.75) is 44.9 Å². The molecule has 5 atom stereocenters. The van der Waals surface area contributed by atoms with Crippen LogP contribution in [0.25, 0.3) is 11.3 Å². The molecule has 0 spiro atoms. The van der Waals surface area contributed by atoms with E-state index in [9.17, 15) is 0 Å². The maximum atomic E-state index is 6.55. The average Bonchev–Trinajstić information content (AvgIpc) is 3.84. The first kappa shape index (κ1) is 29.2. The third-order valence-electron chi connectivity index (χ3n) is 8.37. The molecule has 43 heavy (non-hydrogen) atoms. The van der Waals surface area contributed by atoms with Crippen molar-refractivity contribution in [2.24, 2.45) is 5.92 Å². The summed E-state index contributed by atoms with van der Waals surface area (Å²) in [6.07, 6.45) is 5.20. The molecule has 1 fully saturated rings. The summed E-state index contributed by atoms with van der Waals surface area (Å²) in [6.45, 7) is 7.51. The Balaban J connectivity index is 1.24. The molecule has 2 unspecified atom stereocenters. The Kier molecular flexibility index (Phi) is 8.95. The number of aromatic nitrogens is 3. The Morgan fingerprint density at radius 3 is 2.47 bits per heavy atom. The molecule has 2 aromatic carbocycles. The number of pyridine rings is 1. The Morgan fingerprint density at radius 2 is 1.72 bits per heavy atom. The van der Waals surface area contributed by atoms with Crippen molar-refractivity contribution in [3.8, 4) is 17.0 Å². The predicted octanol–water partition coefficient (Wildman–Crippen LogP) is 5.55. The highest BCUT2D eigenvalue weighted by atomic mass is 16.6. The zero-order valence-corrected chi connectivity index (χ0v) is 25.3. The molecule has 4 aromatic rings. The lowest BCUT2D eigenvalue weighted by Gasteiger charge is -2.34. The normalized spacial score (nSPS) is 24.8. The summed E-state index contributed by atoms with van der Waals surface area (Å²) in [4.78, 5) is 17.9. The van der Waals surface area contributed by atoms with Gasteiger partial charge in [0.05, 0.1) is 11.8 Å². The van der Waals surface area contributed by atoms with Crippen LogP contribution in [-0.4, -0.2) is 77.0 Å². The molecule has 9 nitrogen and oxygen atoms in total. The monoisotopic (exact) mass is 580 g/mol. The quantitative estimate of drug-likeness (QED) is 0.295. The van der Waals surface area contributed by atoms with Gasteiger partial charge in [0.1, 0.15) is 24.7 Å². The molecule has 0 bridgehead atoms. The Labute approximate surface area is 253 Å². The average molecular weight is 581 g/mol. The summed E-state index contributed by atoms with van der Waals surface area (Å²) in [5.41, 5.74) is 5.26. The number of fused-ring (bicyclic) bond motifs is 3. The summed E-state index contributed by atoms with van der Waals surface area (Å²) in [6, 6.07) is 22.8. The van der Waals surface area contributed by atoms with Gasteiger partial charge < -0.3 is 19.5 Å². The van der Waals surface area contributed by atoms with Crippen molar-refractivity contribution >= 4 is 11.6 Å². The molecule has 4 heterocycles. The van der Waals surface area contributed by atoms with Gasteiger partial charge in [0, 0.05) is 68.2 Å². The van der Waals surface area contributed by atoms with E-state index in [1.807, 2.05) is 43.6 Å². The molecule has 0 saturated carbocycles. The first-order valence-corrected chi connectivity index (χ1v) is 14.9. The smallest absolute Gasteiger partial charge is 0.227 e. The van der Waals surface area contributed by atoms with Crippen molar-refractivity contribution in [1.29, 1.82) is 0 Å². The van der Waals surface area contributed by atoms with Crippen molar-refractivity contribution in [3.63, 3.8) is 0 Å². The SMILES string of the molecule is CO[C@H]1CN(C)C2OC2c2cc(Nc3ncccn3)ccc2OC[C@H](C)N(Cc2ccc(-c3ccccn3)cc2)C[C@@H]1C. The topological polar surface area (TPSA) is 88.2 Å². The van der Waals surface area contributed by atoms with E-state index in [2.05, 4.69) is 81.3 Å². The lowest BCUT2D eigenvalue weighted by atomic mass is 10.0. The second kappa shape index (κ2) is 13.2. The van der Waals surface area contributed by atoms with Gasteiger partial charge in [0.15, 0.2) is 0 Å². The number of hydrogen-bond acceptors (Lipinski definition) is 9. The summed E-state index contributed by atoms with van der Waals surface area (Å²) >= 11 is 0. The maximum Gasteiger partial charge on any atom is 0.227 e. The third kappa shape index (κ3) is 7.02. The fourth-order valence-corrected chi connectivity index (χ4v) is 5.77. The largest absolute Gasteiger partial charge is 0.492 e. The summed E-state index contributed by atoms with van der Waals surface area (Å²) in [5.74, 6) is 1.68. The molecule has 6 rings (SSSR count). The number of methoxy groups -OCH3 is 1. The zero-order valence-electron chi connectivity index (χ0n) is 25.3. The highest BCUT2D eigenvalue weighted by Gasteiger charge is 2.46. The van der Waals surface area contributed by atoms with E-state index in [1.165, 1.54) is 5.56 Å². The molecule has 0 radical (unpaired) electrons. The number of nitrogens with zero attached hydrogens (tertiary/aromatic N) is 5. The fraction of sp³-hybridized carbons (Fsp3) is 0.382. The molecule has 1 saturated heterocycles. The minimum atomic E-state index is -0.0870. The van der Waals surface area contributed by atoms with Gasteiger partial charge in [-0.05, 0) is 61.9 Å². The van der Waals surface area contributed by atoms with Crippen LogP contribution in [-0.2, 0) is 16.0 Å². The molecule has 1 N–H and O–H groups in total. The fourth-order valence-electron chi connectivity index (χ4n) is 5.77. The molecule has 9 heteroatoms. The van der Waals surface area contributed by atoms with Crippen LogP contribution >= 0.6 is 0 Å². The predicted molar refractivity (Wildman–Crippen MR) is 167 cm³/mol. The van der Waals surface area contributed by atoms with E-state index in [1.54, 1.807) is 18.5 Å². The van der Waals surface area contributed by atoms with E-state index in [4.69, 9.17) is 14.2 Å². The van der Waals surface area contributed by atoms with Gasteiger partial charge in [-0.15, -0.1) is 0 Å². The van der Waals surface area contributed by atoms with Crippen LogP contribution in [0.5, 0.6) is 5.75 Å². The second-order valence-corrected chi connectivity index (χ2v) is 11.6. The van der Waals surface area contributed by atoms with Crippen LogP contribution < -0.4 is 10.1 Å². The molecule has 2 aliphatic rings. The van der Waals surface area contributed by atoms with Crippen molar-refractivity contribution in [1.82, 2.24) is 24.8 Å². The number of likely N-dealkylation sites (N-methyl/N-ethyl adjacent to an activating group) is 1. The number of epoxide rings is 1. The number of anilines is 2. The van der Waals surface area contributed by atoms with Crippen molar-refractivity contribution < 1.29 is 14.2 Å². The van der Waals surface area contributed by atoms with Crippen molar-refractivity contribution in [2.75, 3.05) is 39.2 Å². The van der Waals surface area contributed by atoms with E-state index >= 15 is 0 Å². The first-order chi connectivity index (χ1) is 21.0. The van der Waals surface area contributed by atoms with Gasteiger partial charge in [-0.3, -0.25) is 14.8 Å². The maximum absolute atomic E-state index is 6.55. The van der Waals surface area contributed by atoms with Crippen LogP contribution in [0.3, 0.4) is 0 Å². The second-order valence-electron chi connectivity index (χ2n) is 11.6. The lowest BCUT2D eigenvalue weighted by Crippen LogP contribution is -2.44. The van der Waals surface area contributed by atoms with Gasteiger partial charge >= 0.3 is 0 Å². The number of benzene rings is 2. The Morgan fingerprint density at radius 1 is 0.930 bits per heavy atom. The molecule has 2 aliphatic heterocycles. The number of ether oxygens (including phenoxy) is 3. The molecule has 224 valence electrons. The Hall–Kier alpha value is -3.89. The molecule has 0 aliphatic carbocycles. The van der Waals surface area contributed by atoms with Crippen LogP contribution in [0.4, 0.5) is 11.6 Å². The van der Waals surface area contributed by atoms with Gasteiger partial charge in [-0.2, -0.15) is 0 Å². The minimum Gasteiger partial charge on any atom is -0.492 e. The molecular formula is C34H40N6O3. The summed E-state index contributed by atoms with van der Waals surface area (Å²) < 4.78 is 18.8. The molecule has 0 amide bonds. The molecular weight excluding hydrogens is 540 g/mol. The van der Waals surface area contributed by atoms with Gasteiger partial charge in [0.2, 0.25) is 5.95 Å². The third-order valence-corrected chi connectivity index (χ3v) is 8.37. The van der Waals surface area contributed by atoms with Gasteiger partial charge in [-0.1, -0.05) is 37.3 Å². The van der Waals surface area contributed by atoms with Gasteiger partial charge in [0.25, 0.3) is 0 Å². The zero-order chi connectivity index (χ0) is 29.8. The van der Waals surface area contributed by atoms with Crippen LogP contribution in [0.15, 0.2) is 85.3 Å². The van der Waals surface area contributed by atoms with Crippen LogP contribution in [0.2, 0.25) is 0 Å². The van der Waals surface area contributed by atoms with E-state index in [0.717, 1.165) is 47.9 Å². The van der Waals surface area contributed by atoms with Crippen LogP contribution in [0, 0.1) is 5.92 Å². The molecule has 2 aromatic heterocycles. The lowest BCUT2D eigenvalue weighted by molar-refractivity contribution is 0.00332. The number of hydrogen-bond donors (Lipinski definition) is 1. The van der Waals surface area contributed by atoms with Crippen LogP contribution in [0.1, 0.15) is 31.1 Å². The first-order valence-electron chi connectivity index (χ1n) is 14.9. The summed E-state index contributed by atoms with van der Waals surface area (Å²) in [7, 11) is 3.91. The summed E-state index contributed by atoms with van der Waals surface area (Å²) in [5, 5.41) is 3.30. The van der Waals surface area contributed by atoms with E-state index in [0.29, 0.717) is 18.5 Å². The Bertz CT molecular complexity index is 1470. The number of rotatable bonds is 6. The number of nitrogens with one attached hydrogen (secondary N) is 1. The highest BCUT2D eigenvalue weighted by Crippen LogP contribution is 2.45. The van der Waals surface area contributed by atoms with Crippen molar-refractivity contribution in [3.05, 3.63) is 96.4 Å². The minimum absolute atomic E-state index is 0.0395.